The lowest BCUT2D eigenvalue weighted by Crippen LogP contribution is -2.14. The number of anilines is 1. The molecule has 4 rings (SSSR count). The van der Waals surface area contributed by atoms with Crippen molar-refractivity contribution in [3.63, 3.8) is 0 Å². The molecule has 1 amide bonds. The summed E-state index contributed by atoms with van der Waals surface area (Å²) in [6.07, 6.45) is 1.40. The number of hydrogen-bond donors (Lipinski definition) is 1. The van der Waals surface area contributed by atoms with E-state index >= 15 is 0 Å². The zero-order valence-corrected chi connectivity index (χ0v) is 20.1. The highest BCUT2D eigenvalue weighted by Gasteiger charge is 2.18. The summed E-state index contributed by atoms with van der Waals surface area (Å²) in [5.74, 6) is -0.126. The molecule has 0 atom stereocenters. The number of fused-ring (bicyclic) bond motifs is 1. The van der Waals surface area contributed by atoms with Crippen LogP contribution in [0.3, 0.4) is 0 Å². The third kappa shape index (κ3) is 5.63. The summed E-state index contributed by atoms with van der Waals surface area (Å²) in [7, 11) is 0. The molecule has 0 spiro atoms. The van der Waals surface area contributed by atoms with Crippen LogP contribution in [0, 0.1) is 21.4 Å². The number of rotatable bonds is 7. The molecule has 0 fully saturated rings. The van der Waals surface area contributed by atoms with E-state index in [1.807, 2.05) is 48.5 Å². The normalized spacial score (nSPS) is 11.1. The molecule has 9 heteroatoms. The van der Waals surface area contributed by atoms with Crippen LogP contribution in [0.1, 0.15) is 11.1 Å². The van der Waals surface area contributed by atoms with Crippen LogP contribution in [0.2, 0.25) is 10.0 Å². The minimum absolute atomic E-state index is 0.0210. The van der Waals surface area contributed by atoms with Gasteiger partial charge in [-0.1, -0.05) is 77.8 Å². The van der Waals surface area contributed by atoms with Crippen LogP contribution in [0.4, 0.5) is 11.4 Å². The number of nitro benzene ring substituents is 1. The van der Waals surface area contributed by atoms with Crippen molar-refractivity contribution >= 4 is 57.3 Å². The second-order valence-corrected chi connectivity index (χ2v) is 8.48. The number of nitrogens with one attached hydrogen (secondary N) is 1. The van der Waals surface area contributed by atoms with Gasteiger partial charge in [0, 0.05) is 12.1 Å². The molecule has 7 nitrogen and oxygen atoms in total. The maximum absolute atomic E-state index is 12.6. The van der Waals surface area contributed by atoms with Gasteiger partial charge in [0.05, 0.1) is 20.7 Å². The number of hydrogen-bond acceptors (Lipinski definition) is 5. The highest BCUT2D eigenvalue weighted by atomic mass is 35.5. The minimum Gasteiger partial charge on any atom is -0.489 e. The van der Waals surface area contributed by atoms with E-state index in [0.717, 1.165) is 28.5 Å². The summed E-state index contributed by atoms with van der Waals surface area (Å²) in [4.78, 5) is 22.9. The molecule has 0 bridgehead atoms. The average molecular weight is 518 g/mol. The fraction of sp³-hybridized carbons (Fsp3) is 0.0370. The number of non-ortho nitro benzene ring substituents is 1. The first kappa shape index (κ1) is 24.7. The van der Waals surface area contributed by atoms with Gasteiger partial charge in [0.25, 0.3) is 11.6 Å². The van der Waals surface area contributed by atoms with Crippen LogP contribution in [-0.4, -0.2) is 10.8 Å². The Morgan fingerprint density at radius 3 is 2.36 bits per heavy atom. The van der Waals surface area contributed by atoms with Crippen LogP contribution in [0.15, 0.2) is 84.4 Å². The number of benzene rings is 4. The van der Waals surface area contributed by atoms with Gasteiger partial charge in [-0.3, -0.25) is 14.9 Å². The number of carbonyl (C=O) groups is 1. The number of carbonyl (C=O) groups excluding carboxylic acids is 1. The molecule has 0 unspecified atom stereocenters. The van der Waals surface area contributed by atoms with Gasteiger partial charge in [-0.25, -0.2) is 0 Å². The Kier molecular flexibility index (Phi) is 7.50. The number of nitrogens with zero attached hydrogens (tertiary/aromatic N) is 2. The summed E-state index contributed by atoms with van der Waals surface area (Å²) in [6.45, 7) is 0.388. The number of ether oxygens (including phenoxy) is 1. The van der Waals surface area contributed by atoms with E-state index in [1.54, 1.807) is 24.3 Å². The van der Waals surface area contributed by atoms with Crippen LogP contribution in [0.25, 0.3) is 16.8 Å². The van der Waals surface area contributed by atoms with Crippen molar-refractivity contribution in [2.24, 2.45) is 0 Å². The average Bonchev–Trinajstić information content (AvgIpc) is 2.88. The molecule has 4 aromatic carbocycles. The van der Waals surface area contributed by atoms with E-state index < -0.39 is 10.8 Å². The third-order valence-electron chi connectivity index (χ3n) is 5.31. The molecular weight excluding hydrogens is 501 g/mol. The lowest BCUT2D eigenvalue weighted by Gasteiger charge is -2.10. The number of halogens is 2. The molecule has 0 aliphatic rings. The molecular formula is C27H17Cl2N3O4. The van der Waals surface area contributed by atoms with Gasteiger partial charge in [0.2, 0.25) is 0 Å². The lowest BCUT2D eigenvalue weighted by atomic mass is 10.1. The van der Waals surface area contributed by atoms with Crippen molar-refractivity contribution in [3.8, 4) is 11.8 Å². The molecule has 0 aliphatic carbocycles. The summed E-state index contributed by atoms with van der Waals surface area (Å²) in [5, 5.41) is 24.9. The van der Waals surface area contributed by atoms with Crippen molar-refractivity contribution in [1.82, 2.24) is 0 Å². The van der Waals surface area contributed by atoms with Crippen LogP contribution >= 0.6 is 23.2 Å². The van der Waals surface area contributed by atoms with Gasteiger partial charge in [-0.15, -0.1) is 0 Å². The first-order chi connectivity index (χ1) is 17.4. The molecule has 178 valence electrons. The predicted octanol–water partition coefficient (Wildman–Crippen LogP) is 7.18. The topological polar surface area (TPSA) is 105 Å². The van der Waals surface area contributed by atoms with Crippen LogP contribution in [0.5, 0.6) is 5.75 Å². The molecule has 0 heterocycles. The fourth-order valence-electron chi connectivity index (χ4n) is 3.52. The van der Waals surface area contributed by atoms with E-state index in [0.29, 0.717) is 17.9 Å². The Bertz CT molecular complexity index is 1510. The van der Waals surface area contributed by atoms with Crippen molar-refractivity contribution in [1.29, 1.82) is 5.26 Å². The molecule has 0 saturated carbocycles. The summed E-state index contributed by atoms with van der Waals surface area (Å²) in [6, 6.07) is 25.0. The Labute approximate surface area is 216 Å². The Morgan fingerprint density at radius 1 is 1.03 bits per heavy atom. The summed E-state index contributed by atoms with van der Waals surface area (Å²) < 4.78 is 5.92. The maximum atomic E-state index is 12.6. The smallest absolute Gasteiger partial charge is 0.272 e. The zero-order chi connectivity index (χ0) is 25.7. The van der Waals surface area contributed by atoms with Crippen molar-refractivity contribution in [3.05, 3.63) is 116 Å². The lowest BCUT2D eigenvalue weighted by molar-refractivity contribution is -0.384. The van der Waals surface area contributed by atoms with Gasteiger partial charge in [0.15, 0.2) is 0 Å². The van der Waals surface area contributed by atoms with Crippen molar-refractivity contribution < 1.29 is 14.5 Å². The van der Waals surface area contributed by atoms with E-state index in [9.17, 15) is 20.2 Å². The molecule has 0 radical (unpaired) electrons. The van der Waals surface area contributed by atoms with Gasteiger partial charge in [-0.05, 0) is 40.1 Å². The van der Waals surface area contributed by atoms with E-state index in [-0.39, 0.29) is 27.0 Å². The predicted molar refractivity (Wildman–Crippen MR) is 140 cm³/mol. The molecule has 4 aromatic rings. The van der Waals surface area contributed by atoms with E-state index in [2.05, 4.69) is 5.32 Å². The standard InChI is InChI=1S/C27H17Cl2N3O4/c28-24-13-21(32(34)35)14-25(29)26(24)31-27(33)20(15-30)12-17-8-10-22(11-9-17)36-16-19-6-3-5-18-4-1-2-7-23(18)19/h1-14H,16H2,(H,31,33)/b20-12+. The van der Waals surface area contributed by atoms with Gasteiger partial charge >= 0.3 is 0 Å². The fourth-order valence-corrected chi connectivity index (χ4v) is 4.09. The second-order valence-electron chi connectivity index (χ2n) is 7.66. The van der Waals surface area contributed by atoms with Crippen molar-refractivity contribution in [2.75, 3.05) is 5.32 Å². The number of amides is 1. The first-order valence-electron chi connectivity index (χ1n) is 10.6. The summed E-state index contributed by atoms with van der Waals surface area (Å²) >= 11 is 12.1. The molecule has 0 aromatic heterocycles. The highest BCUT2D eigenvalue weighted by Crippen LogP contribution is 2.35. The molecule has 36 heavy (non-hydrogen) atoms. The zero-order valence-electron chi connectivity index (χ0n) is 18.6. The Morgan fingerprint density at radius 2 is 1.69 bits per heavy atom. The number of nitro groups is 1. The minimum atomic E-state index is -0.758. The monoisotopic (exact) mass is 517 g/mol. The van der Waals surface area contributed by atoms with Crippen molar-refractivity contribution in [2.45, 2.75) is 6.61 Å². The Balaban J connectivity index is 1.46. The van der Waals surface area contributed by atoms with Crippen LogP contribution in [-0.2, 0) is 11.4 Å². The third-order valence-corrected chi connectivity index (χ3v) is 5.90. The van der Waals surface area contributed by atoms with Crippen LogP contribution < -0.4 is 10.1 Å². The first-order valence-corrected chi connectivity index (χ1v) is 11.4. The SMILES string of the molecule is N#C/C(=C\c1ccc(OCc2cccc3ccccc23)cc1)C(=O)Nc1c(Cl)cc([N+](=O)[O-])cc1Cl. The molecule has 0 aliphatic heterocycles. The maximum Gasteiger partial charge on any atom is 0.272 e. The molecule has 0 saturated heterocycles. The highest BCUT2D eigenvalue weighted by molar-refractivity contribution is 6.40. The summed E-state index contributed by atoms with van der Waals surface area (Å²) in [5.41, 5.74) is 1.11. The largest absolute Gasteiger partial charge is 0.489 e. The number of nitriles is 1. The second kappa shape index (κ2) is 10.9. The van der Waals surface area contributed by atoms with E-state index in [1.165, 1.54) is 6.08 Å². The van der Waals surface area contributed by atoms with E-state index in [4.69, 9.17) is 27.9 Å². The van der Waals surface area contributed by atoms with Gasteiger partial charge in [-0.2, -0.15) is 5.26 Å². The van der Waals surface area contributed by atoms with Gasteiger partial charge < -0.3 is 10.1 Å². The van der Waals surface area contributed by atoms with Gasteiger partial charge in [0.1, 0.15) is 24.0 Å². The molecule has 1 N–H and O–H groups in total. The Hall–Kier alpha value is -4.38. The quantitative estimate of drug-likeness (QED) is 0.121.